The van der Waals surface area contributed by atoms with E-state index in [9.17, 15) is 9.59 Å². The lowest BCUT2D eigenvalue weighted by Gasteiger charge is -2.18. The first-order valence-electron chi connectivity index (χ1n) is 8.85. The lowest BCUT2D eigenvalue weighted by Crippen LogP contribution is -2.28. The fraction of sp³-hybridized carbons (Fsp3) is 0.190. The molecule has 0 saturated carbocycles. The molecule has 6 nitrogen and oxygen atoms in total. The molecule has 4 rings (SSSR count). The van der Waals surface area contributed by atoms with E-state index < -0.39 is 5.92 Å². The maximum atomic E-state index is 12.8. The van der Waals surface area contributed by atoms with Crippen LogP contribution in [0.5, 0.6) is 5.75 Å². The third-order valence-corrected chi connectivity index (χ3v) is 5.13. The number of ether oxygens (including phenoxy) is 1. The zero-order chi connectivity index (χ0) is 19.7. The van der Waals surface area contributed by atoms with Crippen LogP contribution in [-0.4, -0.2) is 30.5 Å². The van der Waals surface area contributed by atoms with Gasteiger partial charge in [-0.3, -0.25) is 14.6 Å². The molecule has 1 unspecified atom stereocenters. The molecule has 1 saturated heterocycles. The van der Waals surface area contributed by atoms with Crippen molar-refractivity contribution in [3.63, 3.8) is 0 Å². The second-order valence-electron chi connectivity index (χ2n) is 6.59. The summed E-state index contributed by atoms with van der Waals surface area (Å²) in [6, 6.07) is 14.5. The van der Waals surface area contributed by atoms with Crippen LogP contribution in [0.3, 0.4) is 0 Å². The number of nitrogens with one attached hydrogen (secondary N) is 1. The molecule has 1 aliphatic rings. The maximum Gasteiger partial charge on any atom is 0.229 e. The average molecular weight is 396 g/mol. The first kappa shape index (κ1) is 18.3. The summed E-state index contributed by atoms with van der Waals surface area (Å²) in [5, 5.41) is 4.28. The number of hydrogen-bond donors (Lipinski definition) is 1. The van der Waals surface area contributed by atoms with E-state index in [0.29, 0.717) is 28.7 Å². The molecule has 0 spiro atoms. The van der Waals surface area contributed by atoms with Crippen LogP contribution in [0.2, 0.25) is 5.02 Å². The van der Waals surface area contributed by atoms with Gasteiger partial charge in [-0.2, -0.15) is 0 Å². The van der Waals surface area contributed by atoms with Gasteiger partial charge in [0.2, 0.25) is 11.8 Å². The molecule has 0 bridgehead atoms. The number of hydrogen-bond acceptors (Lipinski definition) is 4. The van der Waals surface area contributed by atoms with Crippen molar-refractivity contribution in [2.45, 2.75) is 6.42 Å². The van der Waals surface area contributed by atoms with Crippen LogP contribution in [0.15, 0.2) is 54.7 Å². The SMILES string of the molecule is COc1ccc(N2CC(C(=O)Nc3cccc4cccnc34)CC2=O)cc1Cl. The van der Waals surface area contributed by atoms with Gasteiger partial charge in [-0.1, -0.05) is 29.8 Å². The van der Waals surface area contributed by atoms with E-state index in [1.807, 2.05) is 30.3 Å². The van der Waals surface area contributed by atoms with E-state index in [0.717, 1.165) is 10.9 Å². The van der Waals surface area contributed by atoms with Gasteiger partial charge < -0.3 is 15.0 Å². The quantitative estimate of drug-likeness (QED) is 0.727. The van der Waals surface area contributed by atoms with Crippen molar-refractivity contribution in [1.82, 2.24) is 4.98 Å². The summed E-state index contributed by atoms with van der Waals surface area (Å²) in [7, 11) is 1.53. The van der Waals surface area contributed by atoms with Crippen LogP contribution in [0, 0.1) is 5.92 Å². The Kier molecular flexibility index (Phi) is 4.88. The molecule has 28 heavy (non-hydrogen) atoms. The summed E-state index contributed by atoms with van der Waals surface area (Å²) >= 11 is 6.17. The van der Waals surface area contributed by atoms with E-state index in [2.05, 4.69) is 10.3 Å². The molecule has 2 heterocycles. The van der Waals surface area contributed by atoms with Gasteiger partial charge in [0, 0.05) is 30.2 Å². The average Bonchev–Trinajstić information content (AvgIpc) is 3.10. The van der Waals surface area contributed by atoms with Gasteiger partial charge in [-0.25, -0.2) is 0 Å². The number of nitrogens with zero attached hydrogens (tertiary/aromatic N) is 2. The minimum absolute atomic E-state index is 0.113. The highest BCUT2D eigenvalue weighted by molar-refractivity contribution is 6.32. The number of rotatable bonds is 4. The van der Waals surface area contributed by atoms with Crippen LogP contribution in [0.25, 0.3) is 10.9 Å². The molecule has 7 heteroatoms. The molecule has 0 radical (unpaired) electrons. The van der Waals surface area contributed by atoms with Crippen molar-refractivity contribution in [2.75, 3.05) is 23.9 Å². The van der Waals surface area contributed by atoms with Crippen LogP contribution in [-0.2, 0) is 9.59 Å². The number of amides is 2. The Morgan fingerprint density at radius 2 is 2.07 bits per heavy atom. The van der Waals surface area contributed by atoms with Gasteiger partial charge in [0.25, 0.3) is 0 Å². The molecule has 2 amide bonds. The number of carbonyl (C=O) groups excluding carboxylic acids is 2. The molecular weight excluding hydrogens is 378 g/mol. The van der Waals surface area contributed by atoms with E-state index in [1.54, 1.807) is 29.3 Å². The van der Waals surface area contributed by atoms with Crippen LogP contribution >= 0.6 is 11.6 Å². The van der Waals surface area contributed by atoms with Gasteiger partial charge in [0.15, 0.2) is 0 Å². The van der Waals surface area contributed by atoms with Crippen molar-refractivity contribution >= 4 is 45.7 Å². The number of halogens is 1. The maximum absolute atomic E-state index is 12.8. The van der Waals surface area contributed by atoms with Gasteiger partial charge in [-0.05, 0) is 30.3 Å². The lowest BCUT2D eigenvalue weighted by atomic mass is 10.1. The third kappa shape index (κ3) is 3.39. The second kappa shape index (κ2) is 7.48. The first-order valence-corrected chi connectivity index (χ1v) is 9.23. The predicted molar refractivity (Wildman–Crippen MR) is 109 cm³/mol. The zero-order valence-corrected chi connectivity index (χ0v) is 15.9. The number of fused-ring (bicyclic) bond motifs is 1. The number of aromatic nitrogens is 1. The number of anilines is 2. The van der Waals surface area contributed by atoms with Crippen LogP contribution < -0.4 is 15.0 Å². The first-order chi connectivity index (χ1) is 13.6. The third-order valence-electron chi connectivity index (χ3n) is 4.83. The molecule has 142 valence electrons. The fourth-order valence-corrected chi connectivity index (χ4v) is 3.65. The standard InChI is InChI=1S/C21H18ClN3O3/c1-28-18-8-7-15(11-16(18)22)25-12-14(10-19(25)26)21(27)24-17-6-2-4-13-5-3-9-23-20(13)17/h2-9,11,14H,10,12H2,1H3,(H,24,27). The molecule has 2 aromatic carbocycles. The minimum atomic E-state index is -0.452. The van der Waals surface area contributed by atoms with E-state index in [1.165, 1.54) is 7.11 Å². The summed E-state index contributed by atoms with van der Waals surface area (Å²) < 4.78 is 5.14. The second-order valence-corrected chi connectivity index (χ2v) is 7.00. The van der Waals surface area contributed by atoms with Gasteiger partial charge in [-0.15, -0.1) is 0 Å². The summed E-state index contributed by atoms with van der Waals surface area (Å²) in [5.41, 5.74) is 2.01. The fourth-order valence-electron chi connectivity index (χ4n) is 3.40. The normalized spacial score (nSPS) is 16.4. The summed E-state index contributed by atoms with van der Waals surface area (Å²) in [4.78, 5) is 31.2. The molecular formula is C21H18ClN3O3. The van der Waals surface area contributed by atoms with E-state index in [4.69, 9.17) is 16.3 Å². The summed E-state index contributed by atoms with van der Waals surface area (Å²) in [5.74, 6) is -0.229. The van der Waals surface area contributed by atoms with Gasteiger partial charge in [0.05, 0.1) is 29.3 Å². The Morgan fingerprint density at radius 3 is 2.86 bits per heavy atom. The molecule has 1 N–H and O–H groups in total. The van der Waals surface area contributed by atoms with Crippen molar-refractivity contribution in [2.24, 2.45) is 5.92 Å². The molecule has 1 fully saturated rings. The van der Waals surface area contributed by atoms with Crippen molar-refractivity contribution < 1.29 is 14.3 Å². The number of carbonyl (C=O) groups is 2. The van der Waals surface area contributed by atoms with Crippen molar-refractivity contribution in [3.05, 3.63) is 59.8 Å². The Bertz CT molecular complexity index is 1060. The highest BCUT2D eigenvalue weighted by Gasteiger charge is 2.35. The molecule has 0 aliphatic carbocycles. The topological polar surface area (TPSA) is 71.5 Å². The van der Waals surface area contributed by atoms with Gasteiger partial charge in [0.1, 0.15) is 5.75 Å². The summed E-state index contributed by atoms with van der Waals surface area (Å²) in [6.07, 6.45) is 1.83. The lowest BCUT2D eigenvalue weighted by molar-refractivity contribution is -0.122. The molecule has 1 aromatic heterocycles. The highest BCUT2D eigenvalue weighted by atomic mass is 35.5. The largest absolute Gasteiger partial charge is 0.495 e. The van der Waals surface area contributed by atoms with Crippen LogP contribution in [0.1, 0.15) is 6.42 Å². The van der Waals surface area contributed by atoms with Gasteiger partial charge >= 0.3 is 0 Å². The Labute approximate surface area is 167 Å². The van der Waals surface area contributed by atoms with Crippen LogP contribution in [0.4, 0.5) is 11.4 Å². The monoisotopic (exact) mass is 395 g/mol. The number of methoxy groups -OCH3 is 1. The Hall–Kier alpha value is -3.12. The highest BCUT2D eigenvalue weighted by Crippen LogP contribution is 2.33. The minimum Gasteiger partial charge on any atom is -0.495 e. The number of pyridine rings is 1. The molecule has 1 aliphatic heterocycles. The van der Waals surface area contributed by atoms with E-state index in [-0.39, 0.29) is 18.2 Å². The number of para-hydroxylation sites is 1. The zero-order valence-electron chi connectivity index (χ0n) is 15.2. The molecule has 1 atom stereocenters. The van der Waals surface area contributed by atoms with Crippen molar-refractivity contribution in [1.29, 1.82) is 0 Å². The smallest absolute Gasteiger partial charge is 0.229 e. The summed E-state index contributed by atoms with van der Waals surface area (Å²) in [6.45, 7) is 0.297. The van der Waals surface area contributed by atoms with Crippen molar-refractivity contribution in [3.8, 4) is 5.75 Å². The predicted octanol–water partition coefficient (Wildman–Crippen LogP) is 3.89. The van der Waals surface area contributed by atoms with E-state index >= 15 is 0 Å². The Balaban J connectivity index is 1.52. The number of benzene rings is 2. The Morgan fingerprint density at radius 1 is 1.25 bits per heavy atom. The molecule has 3 aromatic rings.